The van der Waals surface area contributed by atoms with Gasteiger partial charge in [-0.3, -0.25) is 10.1 Å². The fraction of sp³-hybridized carbons (Fsp3) is 0.342. The number of nitrogens with one attached hydrogen (secondary N) is 2. The van der Waals surface area contributed by atoms with Gasteiger partial charge in [0.25, 0.3) is 0 Å². The van der Waals surface area contributed by atoms with Gasteiger partial charge in [-0.25, -0.2) is 0 Å². The molecule has 0 spiro atoms. The van der Waals surface area contributed by atoms with E-state index in [-0.39, 0.29) is 11.4 Å². The lowest BCUT2D eigenvalue weighted by atomic mass is 9.52. The Bertz CT molecular complexity index is 1320. The van der Waals surface area contributed by atoms with Crippen molar-refractivity contribution in [3.8, 4) is 0 Å². The summed E-state index contributed by atoms with van der Waals surface area (Å²) in [5.41, 5.74) is 3.79. The Morgan fingerprint density at radius 3 is 1.44 bits per heavy atom. The number of carbonyl (C=O) groups excluding carboxylic acids is 1. The van der Waals surface area contributed by atoms with Crippen molar-refractivity contribution in [1.82, 2.24) is 10.6 Å². The van der Waals surface area contributed by atoms with Gasteiger partial charge >= 0.3 is 0 Å². The molecule has 1 atom stereocenters. The first kappa shape index (κ1) is 26.2. The first-order chi connectivity index (χ1) is 20.1. The van der Waals surface area contributed by atoms with E-state index in [4.69, 9.17) is 0 Å². The fourth-order valence-electron chi connectivity index (χ4n) is 8.95. The average molecular weight is 541 g/mol. The zero-order valence-electron chi connectivity index (χ0n) is 23.7. The summed E-state index contributed by atoms with van der Waals surface area (Å²) in [5, 5.41) is 7.62. The number of amides is 1. The first-order valence-corrected chi connectivity index (χ1v) is 15.4. The molecule has 4 aromatic rings. The monoisotopic (exact) mass is 540 g/mol. The van der Waals surface area contributed by atoms with Crippen molar-refractivity contribution in [3.05, 3.63) is 144 Å². The number of benzene rings is 4. The van der Waals surface area contributed by atoms with Crippen LogP contribution < -0.4 is 10.6 Å². The molecule has 4 aliphatic carbocycles. The maximum atomic E-state index is 14.8. The van der Waals surface area contributed by atoms with E-state index in [9.17, 15) is 4.79 Å². The summed E-state index contributed by atoms with van der Waals surface area (Å²) in [6.07, 6.45) is 7.63. The van der Waals surface area contributed by atoms with Crippen LogP contribution in [0.1, 0.15) is 60.8 Å². The highest BCUT2D eigenvalue weighted by atomic mass is 16.2. The van der Waals surface area contributed by atoms with E-state index in [1.165, 1.54) is 38.5 Å². The van der Waals surface area contributed by atoms with Crippen molar-refractivity contribution in [3.63, 3.8) is 0 Å². The second kappa shape index (κ2) is 10.9. The van der Waals surface area contributed by atoms with Crippen LogP contribution in [0, 0.1) is 17.8 Å². The van der Waals surface area contributed by atoms with Gasteiger partial charge in [0.2, 0.25) is 5.91 Å². The van der Waals surface area contributed by atoms with Crippen molar-refractivity contribution in [2.75, 3.05) is 0 Å². The molecule has 1 amide bonds. The maximum absolute atomic E-state index is 14.8. The molecule has 1 unspecified atom stereocenters. The predicted molar refractivity (Wildman–Crippen MR) is 165 cm³/mol. The predicted octanol–water partition coefficient (Wildman–Crippen LogP) is 7.26. The lowest BCUT2D eigenvalue weighted by Gasteiger charge is -2.59. The third-order valence-electron chi connectivity index (χ3n) is 10.2. The van der Waals surface area contributed by atoms with Crippen molar-refractivity contribution in [1.29, 1.82) is 0 Å². The molecule has 208 valence electrons. The van der Waals surface area contributed by atoms with E-state index in [2.05, 4.69) is 114 Å². The molecule has 4 bridgehead atoms. The van der Waals surface area contributed by atoms with Crippen LogP contribution in [0.5, 0.6) is 0 Å². The first-order valence-electron chi connectivity index (χ1n) is 15.4. The zero-order chi connectivity index (χ0) is 27.7. The van der Waals surface area contributed by atoms with E-state index in [0.29, 0.717) is 6.54 Å². The summed E-state index contributed by atoms with van der Waals surface area (Å²) in [6, 6.07) is 41.9. The minimum atomic E-state index is -0.714. The van der Waals surface area contributed by atoms with E-state index < -0.39 is 11.5 Å². The molecule has 4 saturated carbocycles. The Labute approximate surface area is 244 Å². The van der Waals surface area contributed by atoms with Crippen LogP contribution in [-0.4, -0.2) is 17.5 Å². The summed E-state index contributed by atoms with van der Waals surface area (Å²) < 4.78 is 0. The Hall–Kier alpha value is -3.69. The number of hydrogen-bond donors (Lipinski definition) is 2. The zero-order valence-corrected chi connectivity index (χ0v) is 23.7. The molecule has 2 N–H and O–H groups in total. The highest BCUT2D eigenvalue weighted by Crippen LogP contribution is 2.56. The van der Waals surface area contributed by atoms with Crippen LogP contribution in [-0.2, 0) is 16.8 Å². The van der Waals surface area contributed by atoms with E-state index in [1.807, 2.05) is 18.2 Å². The summed E-state index contributed by atoms with van der Waals surface area (Å²) >= 11 is 0. The number of rotatable bonds is 9. The quantitative estimate of drug-likeness (QED) is 0.219. The lowest BCUT2D eigenvalue weighted by molar-refractivity contribution is -0.126. The molecule has 0 aromatic heterocycles. The van der Waals surface area contributed by atoms with Gasteiger partial charge in [0.15, 0.2) is 0 Å². The molecule has 41 heavy (non-hydrogen) atoms. The van der Waals surface area contributed by atoms with Gasteiger partial charge < -0.3 is 5.32 Å². The topological polar surface area (TPSA) is 41.1 Å². The SMILES string of the molecule is O=C(NCc1ccccc1)C(NC12CC3CC(CC(C3)C1)C2)C(c1ccccc1)(c1ccccc1)c1ccccc1. The molecular formula is C38H40N2O. The minimum absolute atomic E-state index is 0.00685. The highest BCUT2D eigenvalue weighted by molar-refractivity contribution is 5.86. The number of carbonyl (C=O) groups is 1. The summed E-state index contributed by atoms with van der Waals surface area (Å²) in [6.45, 7) is 0.507. The molecule has 0 aliphatic heterocycles. The molecule has 4 aliphatic rings. The molecule has 3 nitrogen and oxygen atoms in total. The van der Waals surface area contributed by atoms with Gasteiger partial charge in [-0.05, 0) is 78.5 Å². The molecule has 3 heteroatoms. The summed E-state index contributed by atoms with van der Waals surface area (Å²) in [5.74, 6) is 2.39. The van der Waals surface area contributed by atoms with Crippen LogP contribution in [0.4, 0.5) is 0 Å². The van der Waals surface area contributed by atoms with Gasteiger partial charge in [0.1, 0.15) is 6.04 Å². The van der Waals surface area contributed by atoms with Crippen LogP contribution in [0.25, 0.3) is 0 Å². The third kappa shape index (κ3) is 4.91. The van der Waals surface area contributed by atoms with Gasteiger partial charge in [0, 0.05) is 12.1 Å². The Morgan fingerprint density at radius 2 is 1.02 bits per heavy atom. The van der Waals surface area contributed by atoms with E-state index in [1.54, 1.807) is 0 Å². The fourth-order valence-corrected chi connectivity index (χ4v) is 8.95. The Kier molecular flexibility index (Phi) is 7.00. The van der Waals surface area contributed by atoms with Crippen molar-refractivity contribution in [2.45, 2.75) is 62.1 Å². The molecule has 8 rings (SSSR count). The third-order valence-corrected chi connectivity index (χ3v) is 10.2. The van der Waals surface area contributed by atoms with Crippen LogP contribution >= 0.6 is 0 Å². The van der Waals surface area contributed by atoms with Crippen LogP contribution in [0.3, 0.4) is 0 Å². The minimum Gasteiger partial charge on any atom is -0.351 e. The van der Waals surface area contributed by atoms with Gasteiger partial charge in [-0.1, -0.05) is 121 Å². The molecular weight excluding hydrogens is 500 g/mol. The molecule has 0 radical (unpaired) electrons. The Balaban J connectivity index is 1.40. The van der Waals surface area contributed by atoms with Crippen molar-refractivity contribution in [2.24, 2.45) is 17.8 Å². The van der Waals surface area contributed by atoms with Crippen molar-refractivity contribution < 1.29 is 4.79 Å². The van der Waals surface area contributed by atoms with Crippen LogP contribution in [0.2, 0.25) is 0 Å². The Morgan fingerprint density at radius 1 is 0.634 bits per heavy atom. The normalized spacial score (nSPS) is 25.5. The molecule has 0 saturated heterocycles. The maximum Gasteiger partial charge on any atom is 0.239 e. The van der Waals surface area contributed by atoms with Gasteiger partial charge in [-0.15, -0.1) is 0 Å². The number of hydrogen-bond acceptors (Lipinski definition) is 2. The standard InChI is InChI=1S/C38H40N2O/c41-36(39-27-28-13-5-1-6-14-28)35(40-37-24-29-21-30(25-37)23-31(22-29)26-37)38(32-15-7-2-8-16-32,33-17-9-3-10-18-33)34-19-11-4-12-20-34/h1-20,29-31,35,40H,21-27H2,(H,39,41). The van der Waals surface area contributed by atoms with Gasteiger partial charge in [-0.2, -0.15) is 0 Å². The summed E-state index contributed by atoms with van der Waals surface area (Å²) in [7, 11) is 0. The van der Waals surface area contributed by atoms with Gasteiger partial charge in [0.05, 0.1) is 5.41 Å². The molecule has 4 fully saturated rings. The van der Waals surface area contributed by atoms with E-state index in [0.717, 1.165) is 40.0 Å². The smallest absolute Gasteiger partial charge is 0.239 e. The molecule has 4 aromatic carbocycles. The second-order valence-corrected chi connectivity index (χ2v) is 12.9. The van der Waals surface area contributed by atoms with Crippen molar-refractivity contribution >= 4 is 5.91 Å². The molecule has 0 heterocycles. The van der Waals surface area contributed by atoms with E-state index >= 15 is 0 Å². The summed E-state index contributed by atoms with van der Waals surface area (Å²) in [4.78, 5) is 14.8. The lowest BCUT2D eigenvalue weighted by Crippen LogP contribution is -2.68. The largest absolute Gasteiger partial charge is 0.351 e. The van der Waals surface area contributed by atoms with Crippen LogP contribution in [0.15, 0.2) is 121 Å². The average Bonchev–Trinajstić information content (AvgIpc) is 3.01. The second-order valence-electron chi connectivity index (χ2n) is 12.9. The highest BCUT2D eigenvalue weighted by Gasteiger charge is 2.55.